The average molecular weight is 316 g/mol. The van der Waals surface area contributed by atoms with Crippen molar-refractivity contribution in [2.45, 2.75) is 26.1 Å². The Morgan fingerprint density at radius 2 is 1.91 bits per heavy atom. The van der Waals surface area contributed by atoms with Gasteiger partial charge in [0, 0.05) is 12.1 Å². The summed E-state index contributed by atoms with van der Waals surface area (Å²) >= 11 is 0. The lowest BCUT2D eigenvalue weighted by molar-refractivity contribution is -0.385. The maximum absolute atomic E-state index is 12.1. The van der Waals surface area contributed by atoms with Crippen LogP contribution in [0.3, 0.4) is 0 Å². The van der Waals surface area contributed by atoms with Crippen LogP contribution in [0.25, 0.3) is 0 Å². The smallest absolute Gasteiger partial charge is 0.350 e. The van der Waals surface area contributed by atoms with Crippen molar-refractivity contribution in [1.29, 1.82) is 0 Å². The SMILES string of the molecule is CC(C)(Oc1ccc([N+](=O)[O-])cn1)C(=O)OCc1ccccc1. The summed E-state index contributed by atoms with van der Waals surface area (Å²) in [5, 5.41) is 10.6. The zero-order valence-electron chi connectivity index (χ0n) is 12.8. The second-order valence-electron chi connectivity index (χ2n) is 5.29. The first-order valence-electron chi connectivity index (χ1n) is 6.89. The molecule has 0 spiro atoms. The molecule has 0 saturated heterocycles. The number of ether oxygens (including phenoxy) is 2. The van der Waals surface area contributed by atoms with Gasteiger partial charge in [-0.3, -0.25) is 10.1 Å². The summed E-state index contributed by atoms with van der Waals surface area (Å²) in [5.74, 6) is -0.446. The van der Waals surface area contributed by atoms with Crippen LogP contribution in [-0.4, -0.2) is 21.5 Å². The predicted molar refractivity (Wildman–Crippen MR) is 81.8 cm³/mol. The van der Waals surface area contributed by atoms with Crippen LogP contribution in [0.15, 0.2) is 48.7 Å². The molecule has 0 aliphatic heterocycles. The molecule has 1 heterocycles. The lowest BCUT2D eigenvalue weighted by Crippen LogP contribution is -2.39. The molecule has 0 radical (unpaired) electrons. The molecule has 0 atom stereocenters. The Balaban J connectivity index is 1.97. The largest absolute Gasteiger partial charge is 0.460 e. The summed E-state index contributed by atoms with van der Waals surface area (Å²) in [5.41, 5.74) is -0.551. The zero-order chi connectivity index (χ0) is 16.9. The monoisotopic (exact) mass is 316 g/mol. The molecular formula is C16H16N2O5. The molecular weight excluding hydrogens is 300 g/mol. The van der Waals surface area contributed by atoms with Crippen LogP contribution in [0.2, 0.25) is 0 Å². The van der Waals surface area contributed by atoms with E-state index in [4.69, 9.17) is 9.47 Å². The highest BCUT2D eigenvalue weighted by molar-refractivity contribution is 5.79. The molecule has 7 heteroatoms. The van der Waals surface area contributed by atoms with Crippen molar-refractivity contribution in [3.05, 3.63) is 64.3 Å². The summed E-state index contributed by atoms with van der Waals surface area (Å²) in [6.45, 7) is 3.23. The van der Waals surface area contributed by atoms with Crippen LogP contribution in [0.4, 0.5) is 5.69 Å². The van der Waals surface area contributed by atoms with E-state index in [0.717, 1.165) is 11.8 Å². The van der Waals surface area contributed by atoms with E-state index in [1.54, 1.807) is 13.8 Å². The highest BCUT2D eigenvalue weighted by Gasteiger charge is 2.32. The quantitative estimate of drug-likeness (QED) is 0.462. The van der Waals surface area contributed by atoms with E-state index >= 15 is 0 Å². The molecule has 0 saturated carbocycles. The molecule has 2 aromatic rings. The molecule has 0 fully saturated rings. The van der Waals surface area contributed by atoms with Gasteiger partial charge in [-0.25, -0.2) is 9.78 Å². The van der Waals surface area contributed by atoms with Crippen LogP contribution in [0.5, 0.6) is 5.88 Å². The van der Waals surface area contributed by atoms with Crippen LogP contribution in [0, 0.1) is 10.1 Å². The Morgan fingerprint density at radius 3 is 2.48 bits per heavy atom. The van der Waals surface area contributed by atoms with Gasteiger partial charge in [0.25, 0.3) is 5.69 Å². The molecule has 7 nitrogen and oxygen atoms in total. The standard InChI is InChI=1S/C16H16N2O5/c1-16(2,15(19)22-11-12-6-4-3-5-7-12)23-14-9-8-13(10-17-14)18(20)21/h3-10H,11H2,1-2H3. The second-order valence-corrected chi connectivity index (χ2v) is 5.29. The first-order valence-corrected chi connectivity index (χ1v) is 6.89. The summed E-state index contributed by atoms with van der Waals surface area (Å²) < 4.78 is 10.7. The van der Waals surface area contributed by atoms with E-state index < -0.39 is 16.5 Å². The number of rotatable bonds is 6. The normalized spacial score (nSPS) is 10.9. The number of nitro groups is 1. The fourth-order valence-electron chi connectivity index (χ4n) is 1.74. The minimum atomic E-state index is -1.27. The Bertz CT molecular complexity index is 683. The van der Waals surface area contributed by atoms with Crippen molar-refractivity contribution in [3.63, 3.8) is 0 Å². The van der Waals surface area contributed by atoms with Crippen molar-refractivity contribution in [1.82, 2.24) is 4.98 Å². The van der Waals surface area contributed by atoms with E-state index in [0.29, 0.717) is 0 Å². The van der Waals surface area contributed by atoms with E-state index in [1.807, 2.05) is 30.3 Å². The van der Waals surface area contributed by atoms with Gasteiger partial charge >= 0.3 is 5.97 Å². The van der Waals surface area contributed by atoms with Gasteiger partial charge in [0.1, 0.15) is 12.8 Å². The topological polar surface area (TPSA) is 91.6 Å². The van der Waals surface area contributed by atoms with Gasteiger partial charge in [-0.15, -0.1) is 0 Å². The van der Waals surface area contributed by atoms with E-state index in [9.17, 15) is 14.9 Å². The van der Waals surface area contributed by atoms with E-state index in [-0.39, 0.29) is 18.2 Å². The number of carbonyl (C=O) groups is 1. The van der Waals surface area contributed by atoms with Crippen LogP contribution in [-0.2, 0) is 16.1 Å². The number of hydrogen-bond donors (Lipinski definition) is 0. The first kappa shape index (κ1) is 16.4. The van der Waals surface area contributed by atoms with Gasteiger partial charge in [-0.05, 0) is 19.4 Å². The molecule has 120 valence electrons. The Morgan fingerprint density at radius 1 is 1.22 bits per heavy atom. The Labute approximate surface area is 133 Å². The summed E-state index contributed by atoms with van der Waals surface area (Å²) in [6.07, 6.45) is 1.07. The summed E-state index contributed by atoms with van der Waals surface area (Å²) in [4.78, 5) is 26.0. The summed E-state index contributed by atoms with van der Waals surface area (Å²) in [6, 6.07) is 11.9. The molecule has 2 rings (SSSR count). The van der Waals surface area contributed by atoms with Crippen molar-refractivity contribution in [2.24, 2.45) is 0 Å². The molecule has 0 bridgehead atoms. The summed E-state index contributed by atoms with van der Waals surface area (Å²) in [7, 11) is 0. The third kappa shape index (κ3) is 4.50. The van der Waals surface area contributed by atoms with Gasteiger partial charge in [0.2, 0.25) is 11.5 Å². The third-order valence-electron chi connectivity index (χ3n) is 3.00. The van der Waals surface area contributed by atoms with E-state index in [2.05, 4.69) is 4.98 Å². The van der Waals surface area contributed by atoms with Crippen molar-refractivity contribution in [3.8, 4) is 5.88 Å². The fraction of sp³-hybridized carbons (Fsp3) is 0.250. The second kappa shape index (κ2) is 6.87. The maximum atomic E-state index is 12.1. The van der Waals surface area contributed by atoms with Gasteiger partial charge in [-0.1, -0.05) is 30.3 Å². The minimum absolute atomic E-state index is 0.109. The van der Waals surface area contributed by atoms with Gasteiger partial charge in [0.15, 0.2) is 0 Å². The molecule has 0 unspecified atom stereocenters. The lowest BCUT2D eigenvalue weighted by Gasteiger charge is -2.23. The number of aromatic nitrogens is 1. The number of esters is 1. The fourth-order valence-corrected chi connectivity index (χ4v) is 1.74. The first-order chi connectivity index (χ1) is 10.9. The third-order valence-corrected chi connectivity index (χ3v) is 3.00. The minimum Gasteiger partial charge on any atom is -0.460 e. The highest BCUT2D eigenvalue weighted by Crippen LogP contribution is 2.20. The molecule has 0 N–H and O–H groups in total. The van der Waals surface area contributed by atoms with Gasteiger partial charge < -0.3 is 9.47 Å². The van der Waals surface area contributed by atoms with Crippen LogP contribution < -0.4 is 4.74 Å². The lowest BCUT2D eigenvalue weighted by atomic mass is 10.1. The van der Waals surface area contributed by atoms with Crippen molar-refractivity contribution in [2.75, 3.05) is 0 Å². The zero-order valence-corrected chi connectivity index (χ0v) is 12.8. The maximum Gasteiger partial charge on any atom is 0.350 e. The molecule has 0 amide bonds. The molecule has 1 aromatic heterocycles. The number of benzene rings is 1. The Kier molecular flexibility index (Phi) is 4.90. The van der Waals surface area contributed by atoms with Crippen molar-refractivity contribution < 1.29 is 19.2 Å². The number of nitrogens with zero attached hydrogens (tertiary/aromatic N) is 2. The number of hydrogen-bond acceptors (Lipinski definition) is 6. The van der Waals surface area contributed by atoms with Crippen LogP contribution in [0.1, 0.15) is 19.4 Å². The average Bonchev–Trinajstić information content (AvgIpc) is 2.53. The molecule has 1 aromatic carbocycles. The molecule has 23 heavy (non-hydrogen) atoms. The van der Waals surface area contributed by atoms with Crippen molar-refractivity contribution >= 4 is 11.7 Å². The Hall–Kier alpha value is -2.96. The number of pyridine rings is 1. The number of carbonyl (C=O) groups excluding carboxylic acids is 1. The highest BCUT2D eigenvalue weighted by atomic mass is 16.6. The van der Waals surface area contributed by atoms with Gasteiger partial charge in [-0.2, -0.15) is 0 Å². The predicted octanol–water partition coefficient (Wildman–Crippen LogP) is 2.89. The van der Waals surface area contributed by atoms with Gasteiger partial charge in [0.05, 0.1) is 4.92 Å². The van der Waals surface area contributed by atoms with Crippen LogP contribution >= 0.6 is 0 Å². The molecule has 0 aliphatic rings. The molecule has 0 aliphatic carbocycles. The van der Waals surface area contributed by atoms with E-state index in [1.165, 1.54) is 12.1 Å².